The van der Waals surface area contributed by atoms with E-state index in [1.54, 1.807) is 6.92 Å². The van der Waals surface area contributed by atoms with Crippen molar-refractivity contribution < 1.29 is 36.0 Å². The maximum absolute atomic E-state index is 10.9. The molecule has 0 bridgehead atoms. The molecule has 0 amide bonds. The Hall–Kier alpha value is -1.33. The van der Waals surface area contributed by atoms with Crippen LogP contribution in [0.3, 0.4) is 0 Å². The Labute approximate surface area is 121 Å². The van der Waals surface area contributed by atoms with Crippen molar-refractivity contribution in [2.75, 3.05) is 41.4 Å². The van der Waals surface area contributed by atoms with Crippen LogP contribution in [0.1, 0.15) is 6.92 Å². The van der Waals surface area contributed by atoms with Crippen LogP contribution in [0, 0.1) is 0 Å². The summed E-state index contributed by atoms with van der Waals surface area (Å²) < 4.78 is 9.86. The third kappa shape index (κ3) is 19.2. The van der Waals surface area contributed by atoms with Gasteiger partial charge in [-0.15, -0.1) is 0 Å². The van der Waals surface area contributed by atoms with Gasteiger partial charge in [-0.05, 0) is 6.92 Å². The number of methoxy groups -OCH3 is 1. The third-order valence-corrected chi connectivity index (χ3v) is 1.71. The first-order valence-electron chi connectivity index (χ1n) is 5.47. The molecule has 0 saturated carbocycles. The fourth-order valence-corrected chi connectivity index (χ4v) is 0.619. The molecule has 0 spiro atoms. The highest BCUT2D eigenvalue weighted by atomic mass is 35.5. The Morgan fingerprint density at radius 3 is 1.95 bits per heavy atom. The maximum Gasteiger partial charge on any atom is 0.333 e. The number of halogens is 1. The lowest BCUT2D eigenvalue weighted by Crippen LogP contribution is -3.00. The van der Waals surface area contributed by atoms with E-state index in [4.69, 9.17) is 4.74 Å². The SMILES string of the molecule is C=C(C)C(=O)OCC[N+](C)(C)C.C=CC(=O)OC.[Cl-]. The van der Waals surface area contributed by atoms with Crippen molar-refractivity contribution in [1.82, 2.24) is 0 Å². The number of esters is 2. The van der Waals surface area contributed by atoms with Gasteiger partial charge in [0, 0.05) is 11.6 Å². The van der Waals surface area contributed by atoms with Crippen molar-refractivity contribution in [3.63, 3.8) is 0 Å². The second-order valence-electron chi connectivity index (χ2n) is 4.66. The first-order chi connectivity index (χ1) is 8.14. The van der Waals surface area contributed by atoms with Crippen molar-refractivity contribution in [2.45, 2.75) is 6.92 Å². The smallest absolute Gasteiger partial charge is 0.333 e. The van der Waals surface area contributed by atoms with Gasteiger partial charge in [-0.1, -0.05) is 13.2 Å². The monoisotopic (exact) mass is 293 g/mol. The highest BCUT2D eigenvalue weighted by Crippen LogP contribution is 1.94. The summed E-state index contributed by atoms with van der Waals surface area (Å²) in [5, 5.41) is 0. The number of likely N-dealkylation sites (N-methyl/N-ethyl adjacent to an activating group) is 1. The van der Waals surface area contributed by atoms with Gasteiger partial charge in [0.05, 0.1) is 28.3 Å². The molecule has 0 aliphatic rings. The normalized spacial score (nSPS) is 9.11. The Kier molecular flexibility index (Phi) is 14.1. The van der Waals surface area contributed by atoms with Crippen molar-refractivity contribution in [3.8, 4) is 0 Å². The van der Waals surface area contributed by atoms with Crippen LogP contribution in [0.2, 0.25) is 0 Å². The summed E-state index contributed by atoms with van der Waals surface area (Å²) in [4.78, 5) is 20.7. The van der Waals surface area contributed by atoms with E-state index in [2.05, 4.69) is 39.0 Å². The van der Waals surface area contributed by atoms with Gasteiger partial charge in [0.2, 0.25) is 0 Å². The van der Waals surface area contributed by atoms with Gasteiger partial charge in [0.25, 0.3) is 0 Å². The molecule has 0 aliphatic heterocycles. The van der Waals surface area contributed by atoms with Crippen LogP contribution in [-0.2, 0) is 19.1 Å². The lowest BCUT2D eigenvalue weighted by Gasteiger charge is -2.23. The standard InChI is InChI=1S/C9H18NO2.C4H6O2.ClH/c1-8(2)9(11)12-7-6-10(3,4)5;1-3-4(5)6-2;/h1,6-7H2,2-5H3;3H,1H2,2H3;1H/q+1;;/p-1. The fraction of sp³-hybridized carbons (Fsp3) is 0.538. The Morgan fingerprint density at radius 1 is 1.26 bits per heavy atom. The summed E-state index contributed by atoms with van der Waals surface area (Å²) in [7, 11) is 7.46. The molecule has 0 atom stereocenters. The van der Waals surface area contributed by atoms with E-state index >= 15 is 0 Å². The van der Waals surface area contributed by atoms with E-state index in [0.29, 0.717) is 12.2 Å². The van der Waals surface area contributed by atoms with Gasteiger partial charge in [0.1, 0.15) is 13.2 Å². The summed E-state index contributed by atoms with van der Waals surface area (Å²) in [6.45, 7) is 9.57. The van der Waals surface area contributed by atoms with Gasteiger partial charge in [-0.25, -0.2) is 9.59 Å². The molecule has 0 aromatic carbocycles. The zero-order chi connectivity index (χ0) is 14.8. The summed E-state index contributed by atoms with van der Waals surface area (Å²) >= 11 is 0. The van der Waals surface area contributed by atoms with Gasteiger partial charge < -0.3 is 26.4 Å². The topological polar surface area (TPSA) is 52.6 Å². The van der Waals surface area contributed by atoms with Crippen LogP contribution in [0.25, 0.3) is 0 Å². The van der Waals surface area contributed by atoms with E-state index in [-0.39, 0.29) is 18.4 Å². The molecule has 0 saturated heterocycles. The first-order valence-corrected chi connectivity index (χ1v) is 5.47. The van der Waals surface area contributed by atoms with Crippen LogP contribution in [-0.4, -0.2) is 57.8 Å². The lowest BCUT2D eigenvalue weighted by atomic mass is 10.4. The van der Waals surface area contributed by atoms with Crippen LogP contribution in [0.5, 0.6) is 0 Å². The zero-order valence-corrected chi connectivity index (χ0v) is 13.1. The van der Waals surface area contributed by atoms with Crippen molar-refractivity contribution in [1.29, 1.82) is 0 Å². The number of hydrogen-bond donors (Lipinski definition) is 0. The minimum Gasteiger partial charge on any atom is -1.00 e. The molecular weight excluding hydrogens is 270 g/mol. The molecule has 0 fully saturated rings. The Balaban J connectivity index is -0.000000313. The molecular formula is C13H24ClNO4. The van der Waals surface area contributed by atoms with E-state index in [1.807, 2.05) is 0 Å². The molecule has 0 aromatic rings. The van der Waals surface area contributed by atoms with Crippen LogP contribution < -0.4 is 12.4 Å². The molecule has 0 unspecified atom stereocenters. The predicted molar refractivity (Wildman–Crippen MR) is 70.9 cm³/mol. The Morgan fingerprint density at radius 2 is 1.74 bits per heavy atom. The molecule has 19 heavy (non-hydrogen) atoms. The first kappa shape index (κ1) is 22.8. The number of carbonyl (C=O) groups excluding carboxylic acids is 2. The molecule has 0 rings (SSSR count). The fourth-order valence-electron chi connectivity index (χ4n) is 0.619. The number of nitrogens with zero attached hydrogens (tertiary/aromatic N) is 1. The van der Waals surface area contributed by atoms with Gasteiger partial charge in [-0.2, -0.15) is 0 Å². The Bertz CT molecular complexity index is 308. The minimum absolute atomic E-state index is 0. The minimum atomic E-state index is -0.394. The highest BCUT2D eigenvalue weighted by molar-refractivity contribution is 5.86. The molecule has 0 radical (unpaired) electrons. The van der Waals surface area contributed by atoms with E-state index in [9.17, 15) is 9.59 Å². The summed E-state index contributed by atoms with van der Waals surface area (Å²) in [6, 6.07) is 0. The molecule has 0 N–H and O–H groups in total. The molecule has 0 aliphatic carbocycles. The summed E-state index contributed by atoms with van der Waals surface area (Å²) in [5.41, 5.74) is 0.455. The van der Waals surface area contributed by atoms with E-state index in [1.165, 1.54) is 7.11 Å². The molecule has 112 valence electrons. The molecule has 5 nitrogen and oxygen atoms in total. The summed E-state index contributed by atoms with van der Waals surface area (Å²) in [6.07, 6.45) is 1.11. The van der Waals surface area contributed by atoms with Gasteiger partial charge in [-0.3, -0.25) is 0 Å². The molecule has 0 heterocycles. The number of hydrogen-bond acceptors (Lipinski definition) is 4. The number of quaternary nitrogens is 1. The van der Waals surface area contributed by atoms with Crippen LogP contribution in [0.15, 0.2) is 24.8 Å². The van der Waals surface area contributed by atoms with Gasteiger partial charge in [0.15, 0.2) is 0 Å². The maximum atomic E-state index is 10.9. The predicted octanol–water partition coefficient (Wildman–Crippen LogP) is -1.84. The van der Waals surface area contributed by atoms with Gasteiger partial charge >= 0.3 is 11.9 Å². The molecule has 6 heteroatoms. The average molecular weight is 294 g/mol. The lowest BCUT2D eigenvalue weighted by molar-refractivity contribution is -0.870. The van der Waals surface area contributed by atoms with Crippen LogP contribution in [0.4, 0.5) is 0 Å². The van der Waals surface area contributed by atoms with E-state index in [0.717, 1.165) is 17.1 Å². The second-order valence-corrected chi connectivity index (χ2v) is 4.66. The zero-order valence-electron chi connectivity index (χ0n) is 12.4. The van der Waals surface area contributed by atoms with E-state index < -0.39 is 5.97 Å². The van der Waals surface area contributed by atoms with Crippen molar-refractivity contribution >= 4 is 11.9 Å². The largest absolute Gasteiger partial charge is 1.00 e. The second kappa shape index (κ2) is 11.7. The van der Waals surface area contributed by atoms with Crippen molar-refractivity contribution in [3.05, 3.63) is 24.8 Å². The third-order valence-electron chi connectivity index (χ3n) is 1.71. The van der Waals surface area contributed by atoms with Crippen LogP contribution >= 0.6 is 0 Å². The number of carbonyl (C=O) groups is 2. The average Bonchev–Trinajstić information content (AvgIpc) is 2.26. The summed E-state index contributed by atoms with van der Waals surface area (Å²) in [5.74, 6) is -0.696. The molecule has 0 aromatic heterocycles. The van der Waals surface area contributed by atoms with Crippen molar-refractivity contribution in [2.24, 2.45) is 0 Å². The highest BCUT2D eigenvalue weighted by Gasteiger charge is 2.09. The number of ether oxygens (including phenoxy) is 2. The quantitative estimate of drug-likeness (QED) is 0.340. The number of rotatable bonds is 5.